The van der Waals surface area contributed by atoms with E-state index in [-0.39, 0.29) is 11.9 Å². The van der Waals surface area contributed by atoms with Crippen molar-refractivity contribution < 1.29 is 19.7 Å². The van der Waals surface area contributed by atoms with Gasteiger partial charge in [-0.1, -0.05) is 6.92 Å². The Kier molecular flexibility index (Phi) is 6.10. The molecule has 0 aliphatic carbocycles. The Balaban J connectivity index is 2.59. The van der Waals surface area contributed by atoms with Crippen LogP contribution >= 0.6 is 0 Å². The monoisotopic (exact) mass is 300 g/mol. The third-order valence-electron chi connectivity index (χ3n) is 2.54. The number of carbonyl (C=O) groups is 1. The summed E-state index contributed by atoms with van der Waals surface area (Å²) in [6.07, 6.45) is -0.825. The van der Waals surface area contributed by atoms with Crippen molar-refractivity contribution in [2.24, 2.45) is 0 Å². The third kappa shape index (κ3) is 6.09. The molecule has 8 nitrogen and oxygen atoms in total. The predicted octanol–water partition coefficient (Wildman–Crippen LogP) is 0.978. The highest BCUT2D eigenvalue weighted by molar-refractivity contribution is 5.68. The quantitative estimate of drug-likeness (QED) is 0.675. The predicted molar refractivity (Wildman–Crippen MR) is 75.4 cm³/mol. The molecule has 0 unspecified atom stereocenters. The Hall–Kier alpha value is -1.67. The number of amides is 1. The Morgan fingerprint density at radius 3 is 2.52 bits per heavy atom. The first kappa shape index (κ1) is 17.4. The van der Waals surface area contributed by atoms with E-state index in [4.69, 9.17) is 14.9 Å². The number of hydrogen-bond donors (Lipinski definition) is 3. The summed E-state index contributed by atoms with van der Waals surface area (Å²) < 4.78 is 5.35. The van der Waals surface area contributed by atoms with E-state index in [1.807, 2.05) is 27.7 Å². The molecule has 1 aromatic rings. The molecule has 1 heterocycles. The Bertz CT molecular complexity index is 453. The number of rotatable bonds is 6. The summed E-state index contributed by atoms with van der Waals surface area (Å²) in [6, 6.07) is 0. The number of H-pyrrole nitrogens is 1. The van der Waals surface area contributed by atoms with Crippen LogP contribution in [0.4, 0.5) is 4.79 Å². The number of aliphatic hydroxyl groups excluding tert-OH is 1. The van der Waals surface area contributed by atoms with Crippen LogP contribution in [0.3, 0.4) is 0 Å². The van der Waals surface area contributed by atoms with Gasteiger partial charge in [0.05, 0.1) is 0 Å². The highest BCUT2D eigenvalue weighted by Crippen LogP contribution is 2.11. The molecule has 0 radical (unpaired) electrons. The number of aromatic amines is 1. The molecule has 21 heavy (non-hydrogen) atoms. The Morgan fingerprint density at radius 1 is 1.38 bits per heavy atom. The van der Waals surface area contributed by atoms with Crippen LogP contribution < -0.4 is 0 Å². The summed E-state index contributed by atoms with van der Waals surface area (Å²) >= 11 is 0. The minimum Gasteiger partial charge on any atom is -0.444 e. The van der Waals surface area contributed by atoms with Crippen LogP contribution in [-0.2, 0) is 11.2 Å². The maximum absolute atomic E-state index is 12.1. The van der Waals surface area contributed by atoms with Crippen LogP contribution in [0.1, 0.15) is 52.1 Å². The number of aromatic nitrogens is 3. The summed E-state index contributed by atoms with van der Waals surface area (Å²) in [5, 5.41) is 24.2. The fourth-order valence-corrected chi connectivity index (χ4v) is 1.67. The van der Waals surface area contributed by atoms with E-state index in [0.717, 1.165) is 6.42 Å². The van der Waals surface area contributed by atoms with E-state index < -0.39 is 11.9 Å². The Morgan fingerprint density at radius 2 is 2.05 bits per heavy atom. The number of nitrogens with one attached hydrogen (secondary N) is 1. The molecular weight excluding hydrogens is 276 g/mol. The van der Waals surface area contributed by atoms with Crippen molar-refractivity contribution in [3.8, 4) is 0 Å². The molecule has 0 saturated carbocycles. The second kappa shape index (κ2) is 7.37. The fourth-order valence-electron chi connectivity index (χ4n) is 1.67. The molecule has 3 N–H and O–H groups in total. The first-order chi connectivity index (χ1) is 9.73. The molecule has 8 heteroatoms. The lowest BCUT2D eigenvalue weighted by molar-refractivity contribution is -0.0492. The van der Waals surface area contributed by atoms with Crippen molar-refractivity contribution in [1.82, 2.24) is 20.1 Å². The molecule has 0 spiro atoms. The molecule has 0 saturated heterocycles. The van der Waals surface area contributed by atoms with E-state index in [2.05, 4.69) is 15.2 Å². The van der Waals surface area contributed by atoms with Gasteiger partial charge in [0.25, 0.3) is 0 Å². The molecule has 0 aliphatic heterocycles. The van der Waals surface area contributed by atoms with Crippen LogP contribution in [-0.4, -0.2) is 55.1 Å². The molecule has 1 amide bonds. The van der Waals surface area contributed by atoms with E-state index in [9.17, 15) is 4.79 Å². The molecule has 0 atom stereocenters. The maximum Gasteiger partial charge on any atom is 0.410 e. The Labute approximate surface area is 124 Å². The molecule has 0 fully saturated rings. The molecule has 0 aliphatic rings. The highest BCUT2D eigenvalue weighted by Gasteiger charge is 2.22. The molecule has 1 aromatic heterocycles. The molecule has 0 aromatic carbocycles. The fraction of sp³-hybridized carbons (Fsp3) is 0.769. The third-order valence-corrected chi connectivity index (χ3v) is 2.54. The van der Waals surface area contributed by atoms with Gasteiger partial charge in [0.1, 0.15) is 11.4 Å². The van der Waals surface area contributed by atoms with Gasteiger partial charge in [-0.15, -0.1) is 0 Å². The smallest absolute Gasteiger partial charge is 0.410 e. The second-order valence-corrected chi connectivity index (χ2v) is 5.73. The summed E-state index contributed by atoms with van der Waals surface area (Å²) in [7, 11) is 0. The van der Waals surface area contributed by atoms with Crippen LogP contribution in [0.25, 0.3) is 0 Å². The van der Waals surface area contributed by atoms with E-state index >= 15 is 0 Å². The molecular formula is C13H24N4O4. The highest BCUT2D eigenvalue weighted by atomic mass is 16.6. The number of hydrogen-bond acceptors (Lipinski definition) is 6. The molecule has 120 valence electrons. The van der Waals surface area contributed by atoms with Gasteiger partial charge in [-0.2, -0.15) is 5.10 Å². The van der Waals surface area contributed by atoms with Crippen LogP contribution in [0.15, 0.2) is 0 Å². The van der Waals surface area contributed by atoms with Gasteiger partial charge in [0.15, 0.2) is 0 Å². The van der Waals surface area contributed by atoms with Crippen molar-refractivity contribution in [3.05, 3.63) is 11.6 Å². The van der Waals surface area contributed by atoms with Gasteiger partial charge < -0.3 is 19.8 Å². The van der Waals surface area contributed by atoms with Crippen molar-refractivity contribution >= 4 is 6.09 Å². The topological polar surface area (TPSA) is 112 Å². The van der Waals surface area contributed by atoms with Crippen molar-refractivity contribution in [2.45, 2.75) is 52.4 Å². The normalized spacial score (nSPS) is 11.8. The average molecular weight is 300 g/mol. The number of ether oxygens (including phenoxy) is 1. The van der Waals surface area contributed by atoms with E-state index in [0.29, 0.717) is 25.3 Å². The zero-order valence-electron chi connectivity index (χ0n) is 13.0. The minimum atomic E-state index is -1.70. The largest absolute Gasteiger partial charge is 0.444 e. The second-order valence-electron chi connectivity index (χ2n) is 5.73. The minimum absolute atomic E-state index is 0.0793. The summed E-state index contributed by atoms with van der Waals surface area (Å²) in [4.78, 5) is 17.6. The van der Waals surface area contributed by atoms with Crippen LogP contribution in [0.2, 0.25) is 0 Å². The van der Waals surface area contributed by atoms with Gasteiger partial charge >= 0.3 is 6.09 Å². The average Bonchev–Trinajstić information content (AvgIpc) is 2.81. The first-order valence-corrected chi connectivity index (χ1v) is 6.98. The van der Waals surface area contributed by atoms with Gasteiger partial charge in [0, 0.05) is 19.5 Å². The summed E-state index contributed by atoms with van der Waals surface area (Å²) in [5.74, 6) is 0.409. The SMILES string of the molecule is CCCN(CCc1nc(C(O)O)n[nH]1)C(=O)OC(C)(C)C. The summed E-state index contributed by atoms with van der Waals surface area (Å²) in [5.41, 5.74) is -0.538. The van der Waals surface area contributed by atoms with Gasteiger partial charge in [-0.3, -0.25) is 5.10 Å². The van der Waals surface area contributed by atoms with Crippen molar-refractivity contribution in [3.63, 3.8) is 0 Å². The zero-order chi connectivity index (χ0) is 16.0. The lowest BCUT2D eigenvalue weighted by Crippen LogP contribution is -2.38. The molecule has 0 bridgehead atoms. The van der Waals surface area contributed by atoms with Gasteiger partial charge in [0.2, 0.25) is 12.1 Å². The number of carbonyl (C=O) groups excluding carboxylic acids is 1. The van der Waals surface area contributed by atoms with Crippen LogP contribution in [0.5, 0.6) is 0 Å². The number of nitrogens with zero attached hydrogens (tertiary/aromatic N) is 3. The standard InChI is InChI=1S/C13H24N4O4/c1-5-7-17(12(20)21-13(2,3)4)8-6-9-14-10(11(18)19)16-15-9/h11,18-19H,5-8H2,1-4H3,(H,14,15,16). The maximum atomic E-state index is 12.1. The summed E-state index contributed by atoms with van der Waals surface area (Å²) in [6.45, 7) is 8.44. The lowest BCUT2D eigenvalue weighted by atomic mass is 10.2. The molecule has 1 rings (SSSR count). The number of aliphatic hydroxyl groups is 2. The van der Waals surface area contributed by atoms with Crippen molar-refractivity contribution in [1.29, 1.82) is 0 Å². The van der Waals surface area contributed by atoms with Gasteiger partial charge in [-0.25, -0.2) is 9.78 Å². The van der Waals surface area contributed by atoms with E-state index in [1.165, 1.54) is 0 Å². The first-order valence-electron chi connectivity index (χ1n) is 6.98. The lowest BCUT2D eigenvalue weighted by Gasteiger charge is -2.27. The van der Waals surface area contributed by atoms with Crippen LogP contribution in [0, 0.1) is 0 Å². The van der Waals surface area contributed by atoms with Crippen molar-refractivity contribution in [2.75, 3.05) is 13.1 Å². The van der Waals surface area contributed by atoms with Gasteiger partial charge in [-0.05, 0) is 27.2 Å². The zero-order valence-corrected chi connectivity index (χ0v) is 13.0. The van der Waals surface area contributed by atoms with E-state index in [1.54, 1.807) is 4.90 Å².